The van der Waals surface area contributed by atoms with Gasteiger partial charge in [0.1, 0.15) is 0 Å². The largest absolute Gasteiger partial charge is 0.309 e. The molecule has 0 radical (unpaired) electrons. The Labute approximate surface area is 180 Å². The van der Waals surface area contributed by atoms with Gasteiger partial charge in [-0.25, -0.2) is 0 Å². The van der Waals surface area contributed by atoms with Crippen LogP contribution in [0.4, 0.5) is 11.4 Å². The fourth-order valence-corrected chi connectivity index (χ4v) is 4.24. The van der Waals surface area contributed by atoms with E-state index in [0.717, 1.165) is 36.2 Å². The number of nitrogens with zero attached hydrogens (tertiary/aromatic N) is 2. The number of hydrogen-bond acceptors (Lipinski definition) is 2. The number of benzene rings is 2. The maximum Gasteiger partial charge on any atom is 0.230 e. The minimum Gasteiger partial charge on any atom is -0.309 e. The number of carbonyl (C=O) groups excluding carboxylic acids is 2. The van der Waals surface area contributed by atoms with Gasteiger partial charge in [-0.3, -0.25) is 9.59 Å². The molecule has 0 unspecified atom stereocenters. The van der Waals surface area contributed by atoms with Gasteiger partial charge >= 0.3 is 0 Å². The summed E-state index contributed by atoms with van der Waals surface area (Å²) in [4.78, 5) is 30.6. The van der Waals surface area contributed by atoms with E-state index in [2.05, 4.69) is 19.9 Å². The molecule has 0 aliphatic carbocycles. The summed E-state index contributed by atoms with van der Waals surface area (Å²) in [7, 11) is 0. The van der Waals surface area contributed by atoms with E-state index >= 15 is 0 Å². The Kier molecular flexibility index (Phi) is 6.96. The third-order valence-corrected chi connectivity index (χ3v) is 6.45. The Bertz CT molecular complexity index is 880. The van der Waals surface area contributed by atoms with Crippen molar-refractivity contribution in [1.82, 2.24) is 0 Å². The quantitative estimate of drug-likeness (QED) is 0.592. The standard InChI is InChI=1S/C26H34N2O2/c1-6-18(3)25(29)27-20(5)17-24(22-15-11-12-16-23(22)27)28(26(30)19(4)7-2)21-13-9-8-10-14-21/h8-16,18-20,24H,6-7,17H2,1-5H3/t18-,19-,20+,24-/m0/s1. The van der Waals surface area contributed by atoms with Crippen molar-refractivity contribution in [2.45, 2.75) is 66.0 Å². The first kappa shape index (κ1) is 22.1. The van der Waals surface area contributed by atoms with Gasteiger partial charge in [-0.1, -0.05) is 64.1 Å². The lowest BCUT2D eigenvalue weighted by molar-refractivity contribution is -0.122. The maximum atomic E-state index is 13.5. The number of amides is 2. The molecule has 0 N–H and O–H groups in total. The molecule has 2 aromatic carbocycles. The molecule has 0 spiro atoms. The third-order valence-electron chi connectivity index (χ3n) is 6.45. The van der Waals surface area contributed by atoms with E-state index in [1.54, 1.807) is 0 Å². The highest BCUT2D eigenvalue weighted by Gasteiger charge is 2.39. The van der Waals surface area contributed by atoms with Crippen molar-refractivity contribution < 1.29 is 9.59 Å². The van der Waals surface area contributed by atoms with E-state index in [0.29, 0.717) is 0 Å². The molecule has 0 saturated heterocycles. The Morgan fingerprint density at radius 3 is 2.20 bits per heavy atom. The molecular formula is C26H34N2O2. The van der Waals surface area contributed by atoms with Crippen LogP contribution < -0.4 is 9.80 Å². The van der Waals surface area contributed by atoms with Crippen LogP contribution in [0.2, 0.25) is 0 Å². The van der Waals surface area contributed by atoms with Gasteiger partial charge in [0.25, 0.3) is 0 Å². The normalized spacial score (nSPS) is 20.2. The SMILES string of the molecule is CC[C@H](C)C(=O)N1c2ccccc2[C@@H](N(C(=O)[C@@H](C)CC)c2ccccc2)C[C@H]1C. The fraction of sp³-hybridized carbons (Fsp3) is 0.462. The highest BCUT2D eigenvalue weighted by atomic mass is 16.2. The zero-order valence-electron chi connectivity index (χ0n) is 18.8. The van der Waals surface area contributed by atoms with E-state index in [-0.39, 0.29) is 35.7 Å². The molecule has 4 heteroatoms. The predicted molar refractivity (Wildman–Crippen MR) is 124 cm³/mol. The number of para-hydroxylation sites is 2. The van der Waals surface area contributed by atoms with Crippen LogP contribution in [0.15, 0.2) is 54.6 Å². The number of hydrogen-bond donors (Lipinski definition) is 0. The van der Waals surface area contributed by atoms with Gasteiger partial charge in [0.15, 0.2) is 0 Å². The molecule has 4 atom stereocenters. The molecule has 2 amide bonds. The van der Waals surface area contributed by atoms with E-state index in [1.165, 1.54) is 0 Å². The van der Waals surface area contributed by atoms with E-state index in [4.69, 9.17) is 0 Å². The van der Waals surface area contributed by atoms with Crippen LogP contribution in [0.25, 0.3) is 0 Å². The Morgan fingerprint density at radius 1 is 0.967 bits per heavy atom. The van der Waals surface area contributed by atoms with E-state index in [9.17, 15) is 9.59 Å². The van der Waals surface area contributed by atoms with Gasteiger partial charge in [-0.15, -0.1) is 0 Å². The summed E-state index contributed by atoms with van der Waals surface area (Å²) in [6, 6.07) is 17.9. The van der Waals surface area contributed by atoms with E-state index in [1.807, 2.05) is 79.1 Å². The molecule has 160 valence electrons. The highest BCUT2D eigenvalue weighted by molar-refractivity contribution is 5.99. The molecule has 30 heavy (non-hydrogen) atoms. The zero-order chi connectivity index (χ0) is 21.8. The minimum atomic E-state index is -0.0962. The summed E-state index contributed by atoms with van der Waals surface area (Å²) in [5.41, 5.74) is 2.90. The summed E-state index contributed by atoms with van der Waals surface area (Å²) in [5, 5.41) is 0. The van der Waals surface area contributed by atoms with Crippen LogP contribution in [-0.4, -0.2) is 17.9 Å². The second-order valence-corrected chi connectivity index (χ2v) is 8.53. The monoisotopic (exact) mass is 406 g/mol. The third kappa shape index (κ3) is 4.14. The van der Waals surface area contributed by atoms with Gasteiger partial charge in [0, 0.05) is 29.3 Å². The topological polar surface area (TPSA) is 40.6 Å². The minimum absolute atomic E-state index is 0.0161. The highest BCUT2D eigenvalue weighted by Crippen LogP contribution is 2.43. The first-order chi connectivity index (χ1) is 14.4. The Hall–Kier alpha value is -2.62. The van der Waals surface area contributed by atoms with Crippen LogP contribution in [0.3, 0.4) is 0 Å². The molecule has 0 aromatic heterocycles. The van der Waals surface area contributed by atoms with Crippen LogP contribution in [0.5, 0.6) is 0 Å². The summed E-state index contributed by atoms with van der Waals surface area (Å²) in [6.07, 6.45) is 2.33. The van der Waals surface area contributed by atoms with Crippen molar-refractivity contribution in [2.24, 2.45) is 11.8 Å². The fourth-order valence-electron chi connectivity index (χ4n) is 4.24. The first-order valence-electron chi connectivity index (χ1n) is 11.2. The lowest BCUT2D eigenvalue weighted by Gasteiger charge is -2.44. The molecule has 2 aromatic rings. The lowest BCUT2D eigenvalue weighted by Crippen LogP contribution is -2.49. The summed E-state index contributed by atoms with van der Waals surface area (Å²) in [6.45, 7) is 10.2. The van der Waals surface area contributed by atoms with Gasteiger partial charge in [0.2, 0.25) is 11.8 Å². The number of fused-ring (bicyclic) bond motifs is 1. The van der Waals surface area contributed by atoms with Crippen LogP contribution in [0.1, 0.15) is 65.5 Å². The van der Waals surface area contributed by atoms with Crippen LogP contribution >= 0.6 is 0 Å². The van der Waals surface area contributed by atoms with Gasteiger partial charge < -0.3 is 9.80 Å². The average molecular weight is 407 g/mol. The van der Waals surface area contributed by atoms with E-state index < -0.39 is 0 Å². The molecule has 0 fully saturated rings. The van der Waals surface area contributed by atoms with Crippen molar-refractivity contribution in [2.75, 3.05) is 9.80 Å². The summed E-state index contributed by atoms with van der Waals surface area (Å²) < 4.78 is 0. The predicted octanol–water partition coefficient (Wildman–Crippen LogP) is 5.98. The number of rotatable bonds is 6. The second kappa shape index (κ2) is 9.46. The van der Waals surface area contributed by atoms with Crippen molar-refractivity contribution in [3.05, 3.63) is 60.2 Å². The summed E-state index contributed by atoms with van der Waals surface area (Å²) in [5.74, 6) is 0.212. The van der Waals surface area contributed by atoms with Crippen molar-refractivity contribution in [3.8, 4) is 0 Å². The molecule has 0 saturated carbocycles. The Balaban J connectivity index is 2.11. The smallest absolute Gasteiger partial charge is 0.230 e. The molecular weight excluding hydrogens is 372 g/mol. The van der Waals surface area contributed by atoms with Gasteiger partial charge in [0.05, 0.1) is 6.04 Å². The molecule has 1 aliphatic rings. The number of carbonyl (C=O) groups is 2. The average Bonchev–Trinajstić information content (AvgIpc) is 2.78. The molecule has 0 bridgehead atoms. The number of anilines is 2. The van der Waals surface area contributed by atoms with Crippen molar-refractivity contribution >= 4 is 23.2 Å². The van der Waals surface area contributed by atoms with Crippen LogP contribution in [0, 0.1) is 11.8 Å². The molecule has 1 aliphatic heterocycles. The Morgan fingerprint density at radius 2 is 1.57 bits per heavy atom. The summed E-state index contributed by atoms with van der Waals surface area (Å²) >= 11 is 0. The van der Waals surface area contributed by atoms with Crippen LogP contribution in [-0.2, 0) is 9.59 Å². The van der Waals surface area contributed by atoms with Gasteiger partial charge in [-0.05, 0) is 49.9 Å². The molecule has 3 rings (SSSR count). The van der Waals surface area contributed by atoms with Crippen molar-refractivity contribution in [1.29, 1.82) is 0 Å². The first-order valence-corrected chi connectivity index (χ1v) is 11.2. The molecule has 4 nitrogen and oxygen atoms in total. The maximum absolute atomic E-state index is 13.5. The van der Waals surface area contributed by atoms with Gasteiger partial charge in [-0.2, -0.15) is 0 Å². The zero-order valence-corrected chi connectivity index (χ0v) is 18.8. The lowest BCUT2D eigenvalue weighted by atomic mass is 9.88. The van der Waals surface area contributed by atoms with Crippen molar-refractivity contribution in [3.63, 3.8) is 0 Å². The molecule has 1 heterocycles. The second-order valence-electron chi connectivity index (χ2n) is 8.53.